The topological polar surface area (TPSA) is 51.0 Å². The summed E-state index contributed by atoms with van der Waals surface area (Å²) in [6.07, 6.45) is 1.17. The Bertz CT molecular complexity index is 932. The summed E-state index contributed by atoms with van der Waals surface area (Å²) < 4.78 is 1.91. The van der Waals surface area contributed by atoms with Crippen molar-refractivity contribution in [2.75, 3.05) is 6.54 Å². The zero-order valence-electron chi connectivity index (χ0n) is 15.1. The van der Waals surface area contributed by atoms with Crippen LogP contribution in [0.4, 0.5) is 0 Å². The molecule has 26 heavy (non-hydrogen) atoms. The van der Waals surface area contributed by atoms with Crippen LogP contribution >= 0.6 is 0 Å². The van der Waals surface area contributed by atoms with Gasteiger partial charge in [-0.2, -0.15) is 0 Å². The van der Waals surface area contributed by atoms with Crippen molar-refractivity contribution < 1.29 is 4.79 Å². The molecule has 1 amide bonds. The highest BCUT2D eigenvalue weighted by molar-refractivity contribution is 5.79. The van der Waals surface area contributed by atoms with Crippen molar-refractivity contribution in [3.05, 3.63) is 71.5 Å². The Morgan fingerprint density at radius 2 is 1.81 bits per heavy atom. The quantitative estimate of drug-likeness (QED) is 0.732. The molecule has 0 spiro atoms. The maximum atomic E-state index is 12.9. The van der Waals surface area contributed by atoms with Gasteiger partial charge in [0, 0.05) is 19.2 Å². The smallest absolute Gasteiger partial charge is 0.230 e. The molecule has 2 heterocycles. The van der Waals surface area contributed by atoms with Crippen molar-refractivity contribution >= 4 is 5.91 Å². The van der Waals surface area contributed by atoms with E-state index in [2.05, 4.69) is 35.3 Å². The van der Waals surface area contributed by atoms with Crippen LogP contribution in [0.1, 0.15) is 29.9 Å². The predicted molar refractivity (Wildman–Crippen MR) is 100 cm³/mol. The molecule has 132 valence electrons. The second kappa shape index (κ2) is 6.75. The van der Waals surface area contributed by atoms with Crippen molar-refractivity contribution in [1.82, 2.24) is 19.7 Å². The molecule has 0 fully saturated rings. The largest absolute Gasteiger partial charge is 0.335 e. The maximum Gasteiger partial charge on any atom is 0.230 e. The maximum absolute atomic E-state index is 12.9. The van der Waals surface area contributed by atoms with Crippen LogP contribution in [0.5, 0.6) is 0 Å². The zero-order chi connectivity index (χ0) is 18.1. The summed E-state index contributed by atoms with van der Waals surface area (Å²) in [6, 6.07) is 18.4. The fraction of sp³-hybridized carbons (Fsp3) is 0.286. The first kappa shape index (κ1) is 16.5. The van der Waals surface area contributed by atoms with E-state index in [1.54, 1.807) is 0 Å². The van der Waals surface area contributed by atoms with Gasteiger partial charge in [-0.1, -0.05) is 54.6 Å². The van der Waals surface area contributed by atoms with Gasteiger partial charge in [0.15, 0.2) is 5.82 Å². The van der Waals surface area contributed by atoms with E-state index in [9.17, 15) is 4.79 Å². The number of rotatable bonds is 3. The number of amides is 1. The number of carbonyl (C=O) groups is 1. The van der Waals surface area contributed by atoms with Gasteiger partial charge in [-0.25, -0.2) is 0 Å². The van der Waals surface area contributed by atoms with Crippen LogP contribution in [0.3, 0.4) is 0 Å². The van der Waals surface area contributed by atoms with Crippen LogP contribution in [0.15, 0.2) is 54.6 Å². The molecule has 5 heteroatoms. The lowest BCUT2D eigenvalue weighted by atomic mass is 9.93. The fourth-order valence-corrected chi connectivity index (χ4v) is 3.70. The van der Waals surface area contributed by atoms with Crippen molar-refractivity contribution in [2.24, 2.45) is 7.05 Å². The Morgan fingerprint density at radius 3 is 2.62 bits per heavy atom. The van der Waals surface area contributed by atoms with E-state index >= 15 is 0 Å². The SMILES string of the molecule is CC1c2ccccc2CCN1C(=O)Cc1nnc(-c2ccccc2)n1C. The molecule has 1 unspecified atom stereocenters. The van der Waals surface area contributed by atoms with Gasteiger partial charge in [-0.15, -0.1) is 10.2 Å². The van der Waals surface area contributed by atoms with Crippen molar-refractivity contribution in [3.63, 3.8) is 0 Å². The molecule has 0 bridgehead atoms. The van der Waals surface area contributed by atoms with Crippen molar-refractivity contribution in [3.8, 4) is 11.4 Å². The third-order valence-corrected chi connectivity index (χ3v) is 5.22. The minimum Gasteiger partial charge on any atom is -0.335 e. The molecule has 0 N–H and O–H groups in total. The molecule has 1 aromatic heterocycles. The Balaban J connectivity index is 1.54. The van der Waals surface area contributed by atoms with Crippen LogP contribution in [0.2, 0.25) is 0 Å². The Labute approximate surface area is 153 Å². The van der Waals surface area contributed by atoms with E-state index in [-0.39, 0.29) is 18.4 Å². The fourth-order valence-electron chi connectivity index (χ4n) is 3.70. The predicted octanol–water partition coefficient (Wildman–Crippen LogP) is 3.17. The third kappa shape index (κ3) is 2.90. The summed E-state index contributed by atoms with van der Waals surface area (Å²) in [7, 11) is 1.92. The van der Waals surface area contributed by atoms with E-state index in [0.29, 0.717) is 5.82 Å². The molecule has 0 aliphatic carbocycles. The minimum atomic E-state index is 0.0919. The first-order valence-electron chi connectivity index (χ1n) is 8.96. The number of hydrogen-bond donors (Lipinski definition) is 0. The van der Waals surface area contributed by atoms with Crippen LogP contribution in [-0.4, -0.2) is 32.1 Å². The lowest BCUT2D eigenvalue weighted by molar-refractivity contribution is -0.133. The normalized spacial score (nSPS) is 16.4. The van der Waals surface area contributed by atoms with Gasteiger partial charge in [0.2, 0.25) is 5.91 Å². The van der Waals surface area contributed by atoms with Crippen LogP contribution in [0.25, 0.3) is 11.4 Å². The molecular weight excluding hydrogens is 324 g/mol. The minimum absolute atomic E-state index is 0.0919. The molecule has 5 nitrogen and oxygen atoms in total. The number of aromatic nitrogens is 3. The summed E-state index contributed by atoms with van der Waals surface area (Å²) >= 11 is 0. The lowest BCUT2D eigenvalue weighted by Gasteiger charge is -2.35. The van der Waals surface area contributed by atoms with E-state index in [4.69, 9.17) is 0 Å². The molecule has 4 rings (SSSR count). The summed E-state index contributed by atoms with van der Waals surface area (Å²) in [4.78, 5) is 14.9. The molecule has 1 atom stereocenters. The summed E-state index contributed by atoms with van der Waals surface area (Å²) in [6.45, 7) is 2.85. The summed E-state index contributed by atoms with van der Waals surface area (Å²) in [5.41, 5.74) is 3.59. The summed E-state index contributed by atoms with van der Waals surface area (Å²) in [5.74, 6) is 1.58. The second-order valence-electron chi connectivity index (χ2n) is 6.75. The van der Waals surface area contributed by atoms with Gasteiger partial charge < -0.3 is 9.47 Å². The number of nitrogens with zero attached hydrogens (tertiary/aromatic N) is 4. The van der Waals surface area contributed by atoms with E-state index in [0.717, 1.165) is 24.4 Å². The standard InChI is InChI=1S/C21H22N4O/c1-15-18-11-7-6-8-16(18)12-13-25(15)20(26)14-19-22-23-21(24(19)2)17-9-4-3-5-10-17/h3-11,15H,12-14H2,1-2H3. The first-order chi connectivity index (χ1) is 12.6. The highest BCUT2D eigenvalue weighted by atomic mass is 16.2. The average Bonchev–Trinajstić information content (AvgIpc) is 3.03. The van der Waals surface area contributed by atoms with Crippen LogP contribution in [0, 0.1) is 0 Å². The highest BCUT2D eigenvalue weighted by Crippen LogP contribution is 2.29. The molecular formula is C21H22N4O. The van der Waals surface area contributed by atoms with Gasteiger partial charge in [0.1, 0.15) is 5.82 Å². The molecule has 3 aromatic rings. The number of carbonyl (C=O) groups excluding carboxylic acids is 1. The van der Waals surface area contributed by atoms with Crippen LogP contribution in [-0.2, 0) is 24.7 Å². The highest BCUT2D eigenvalue weighted by Gasteiger charge is 2.28. The second-order valence-corrected chi connectivity index (χ2v) is 6.75. The average molecular weight is 346 g/mol. The van der Waals surface area contributed by atoms with Crippen molar-refractivity contribution in [2.45, 2.75) is 25.8 Å². The molecule has 0 radical (unpaired) electrons. The molecule has 1 aliphatic heterocycles. The van der Waals surface area contributed by atoms with Crippen LogP contribution < -0.4 is 0 Å². The van der Waals surface area contributed by atoms with Gasteiger partial charge in [-0.3, -0.25) is 4.79 Å². The zero-order valence-corrected chi connectivity index (χ0v) is 15.1. The molecule has 0 saturated heterocycles. The van der Waals surface area contributed by atoms with Gasteiger partial charge >= 0.3 is 0 Å². The van der Waals surface area contributed by atoms with Gasteiger partial charge in [-0.05, 0) is 24.5 Å². The molecule has 2 aromatic carbocycles. The third-order valence-electron chi connectivity index (χ3n) is 5.22. The molecule has 1 aliphatic rings. The van der Waals surface area contributed by atoms with E-state index in [1.807, 2.05) is 52.9 Å². The lowest BCUT2D eigenvalue weighted by Crippen LogP contribution is -2.40. The number of fused-ring (bicyclic) bond motifs is 1. The monoisotopic (exact) mass is 346 g/mol. The Kier molecular flexibility index (Phi) is 4.29. The van der Waals surface area contributed by atoms with E-state index < -0.39 is 0 Å². The Morgan fingerprint density at radius 1 is 1.08 bits per heavy atom. The first-order valence-corrected chi connectivity index (χ1v) is 8.96. The van der Waals surface area contributed by atoms with Crippen molar-refractivity contribution in [1.29, 1.82) is 0 Å². The summed E-state index contributed by atoms with van der Waals surface area (Å²) in [5, 5.41) is 8.54. The van der Waals surface area contributed by atoms with Gasteiger partial charge in [0.25, 0.3) is 0 Å². The number of hydrogen-bond acceptors (Lipinski definition) is 3. The van der Waals surface area contributed by atoms with E-state index in [1.165, 1.54) is 11.1 Å². The van der Waals surface area contributed by atoms with Gasteiger partial charge in [0.05, 0.1) is 12.5 Å². The number of benzene rings is 2. The Hall–Kier alpha value is -2.95. The molecule has 0 saturated carbocycles.